The van der Waals surface area contributed by atoms with Crippen LogP contribution in [0.2, 0.25) is 0 Å². The standard InChI is InChI=1S/C38H44BrNS2/c1-3-5-7-9-15-28-25-35(38-29(26-36(39)42-38)16-10-8-6-4-2)41-37(28)27-21-23-30(24-22-27)40-33-19-13-11-17-31(33)32-18-12-14-20-34(32)40/h11-14,17-24,26,29,35,38H,3-10,15-16,25H2,1-2H3. The predicted octanol–water partition coefficient (Wildman–Crippen LogP) is 12.9. The third-order valence-electron chi connectivity index (χ3n) is 9.11. The summed E-state index contributed by atoms with van der Waals surface area (Å²) in [6.07, 6.45) is 17.1. The largest absolute Gasteiger partial charge is 0.309 e. The summed E-state index contributed by atoms with van der Waals surface area (Å²) in [5, 5.41) is 3.97. The zero-order chi connectivity index (χ0) is 28.9. The Bertz CT molecular complexity index is 1510. The van der Waals surface area contributed by atoms with E-state index in [9.17, 15) is 0 Å². The number of para-hydroxylation sites is 2. The third kappa shape index (κ3) is 6.47. The molecule has 1 nitrogen and oxygen atoms in total. The van der Waals surface area contributed by atoms with Gasteiger partial charge in [-0.2, -0.15) is 0 Å². The van der Waals surface area contributed by atoms with Crippen LogP contribution >= 0.6 is 39.5 Å². The Morgan fingerprint density at radius 1 is 0.738 bits per heavy atom. The van der Waals surface area contributed by atoms with Crippen LogP contribution in [0.15, 0.2) is 88.3 Å². The Kier molecular flexibility index (Phi) is 10.2. The quantitative estimate of drug-likeness (QED) is 0.132. The van der Waals surface area contributed by atoms with E-state index in [0.29, 0.717) is 16.4 Å². The van der Waals surface area contributed by atoms with Crippen LogP contribution in [0.3, 0.4) is 0 Å². The lowest BCUT2D eigenvalue weighted by atomic mass is 9.92. The van der Waals surface area contributed by atoms with Crippen LogP contribution < -0.4 is 0 Å². The molecule has 3 aromatic carbocycles. The van der Waals surface area contributed by atoms with Crippen molar-refractivity contribution in [2.45, 2.75) is 95.0 Å². The number of rotatable bonds is 13. The summed E-state index contributed by atoms with van der Waals surface area (Å²) in [5.41, 5.74) is 6.91. The van der Waals surface area contributed by atoms with Gasteiger partial charge in [-0.05, 0) is 77.4 Å². The molecule has 0 saturated heterocycles. The number of nitrogens with zero attached hydrogens (tertiary/aromatic N) is 1. The summed E-state index contributed by atoms with van der Waals surface area (Å²) < 4.78 is 3.79. The highest BCUT2D eigenvalue weighted by atomic mass is 79.9. The Hall–Kier alpha value is -1.88. The van der Waals surface area contributed by atoms with Crippen LogP contribution in [0, 0.1) is 5.92 Å². The minimum atomic E-state index is 0.658. The van der Waals surface area contributed by atoms with E-state index in [-0.39, 0.29) is 0 Å². The molecule has 3 heterocycles. The first-order chi connectivity index (χ1) is 20.7. The molecule has 1 aromatic heterocycles. The van der Waals surface area contributed by atoms with E-state index in [0.717, 1.165) is 0 Å². The van der Waals surface area contributed by atoms with Crippen molar-refractivity contribution in [2.75, 3.05) is 0 Å². The molecule has 0 fully saturated rings. The van der Waals surface area contributed by atoms with Crippen molar-refractivity contribution in [1.82, 2.24) is 4.57 Å². The minimum absolute atomic E-state index is 0.658. The molecule has 4 heteroatoms. The smallest absolute Gasteiger partial charge is 0.0541 e. The minimum Gasteiger partial charge on any atom is -0.309 e. The number of aromatic nitrogens is 1. The van der Waals surface area contributed by atoms with Crippen molar-refractivity contribution in [3.8, 4) is 5.69 Å². The maximum absolute atomic E-state index is 3.88. The van der Waals surface area contributed by atoms with Crippen LogP contribution in [0.25, 0.3) is 32.4 Å². The maximum Gasteiger partial charge on any atom is 0.0541 e. The van der Waals surface area contributed by atoms with Gasteiger partial charge in [0.2, 0.25) is 0 Å². The van der Waals surface area contributed by atoms with Crippen LogP contribution in [0.4, 0.5) is 0 Å². The summed E-state index contributed by atoms with van der Waals surface area (Å²) in [4.78, 5) is 1.57. The van der Waals surface area contributed by atoms with Crippen molar-refractivity contribution < 1.29 is 0 Å². The lowest BCUT2D eigenvalue weighted by molar-refractivity contribution is 0.508. The molecule has 0 bridgehead atoms. The predicted molar refractivity (Wildman–Crippen MR) is 193 cm³/mol. The first kappa shape index (κ1) is 30.2. The molecule has 3 unspecified atom stereocenters. The van der Waals surface area contributed by atoms with Gasteiger partial charge in [-0.25, -0.2) is 0 Å². The lowest BCUT2D eigenvalue weighted by Crippen LogP contribution is -2.23. The number of allylic oxidation sites excluding steroid dienone is 2. The average molecular weight is 659 g/mol. The highest BCUT2D eigenvalue weighted by Gasteiger charge is 2.38. The fourth-order valence-electron chi connectivity index (χ4n) is 6.94. The highest BCUT2D eigenvalue weighted by Crippen LogP contribution is 2.54. The second-order valence-electron chi connectivity index (χ2n) is 12.1. The molecule has 220 valence electrons. The van der Waals surface area contributed by atoms with Crippen molar-refractivity contribution in [3.05, 3.63) is 93.8 Å². The molecular weight excluding hydrogens is 614 g/mol. The Labute approximate surface area is 269 Å². The molecular formula is C38H44BrNS2. The van der Waals surface area contributed by atoms with Gasteiger partial charge in [0, 0.05) is 35.7 Å². The Morgan fingerprint density at radius 2 is 1.38 bits per heavy atom. The Morgan fingerprint density at radius 3 is 2.05 bits per heavy atom. The zero-order valence-electron chi connectivity index (χ0n) is 25.2. The molecule has 0 amide bonds. The number of halogens is 1. The number of benzene rings is 3. The molecule has 0 aliphatic carbocycles. The Balaban J connectivity index is 1.26. The highest BCUT2D eigenvalue weighted by molar-refractivity contribution is 9.14. The molecule has 3 atom stereocenters. The molecule has 0 radical (unpaired) electrons. The molecule has 4 aromatic rings. The van der Waals surface area contributed by atoms with Gasteiger partial charge in [0.25, 0.3) is 0 Å². The van der Waals surface area contributed by atoms with Crippen LogP contribution in [0.5, 0.6) is 0 Å². The average Bonchev–Trinajstić information content (AvgIpc) is 3.71. The van der Waals surface area contributed by atoms with Gasteiger partial charge in [0.05, 0.1) is 11.0 Å². The fraction of sp³-hybridized carbons (Fsp3) is 0.421. The lowest BCUT2D eigenvalue weighted by Gasteiger charge is -2.24. The maximum atomic E-state index is 3.88. The van der Waals surface area contributed by atoms with Crippen molar-refractivity contribution in [1.29, 1.82) is 0 Å². The summed E-state index contributed by atoms with van der Waals surface area (Å²) in [6, 6.07) is 27.1. The van der Waals surface area contributed by atoms with Gasteiger partial charge >= 0.3 is 0 Å². The summed E-state index contributed by atoms with van der Waals surface area (Å²) in [7, 11) is 0. The van der Waals surface area contributed by atoms with Gasteiger partial charge in [-0.3, -0.25) is 0 Å². The molecule has 2 aliphatic rings. The molecule has 0 saturated carbocycles. The van der Waals surface area contributed by atoms with Gasteiger partial charge in [-0.15, -0.1) is 23.5 Å². The van der Waals surface area contributed by atoms with E-state index in [1.54, 1.807) is 10.5 Å². The van der Waals surface area contributed by atoms with Gasteiger partial charge in [0.1, 0.15) is 0 Å². The van der Waals surface area contributed by atoms with Gasteiger partial charge < -0.3 is 4.57 Å². The molecule has 2 aliphatic heterocycles. The summed E-state index contributed by atoms with van der Waals surface area (Å²) in [6.45, 7) is 4.62. The SMILES string of the molecule is CCCCCCC1=C(c2ccc(-n3c4ccccc4c4ccccc43)cc2)SC(C2SC(Br)=CC2CCCCCC)C1. The third-order valence-corrected chi connectivity index (χ3v) is 12.9. The van der Waals surface area contributed by atoms with Gasteiger partial charge in [-0.1, -0.05) is 119 Å². The second kappa shape index (κ2) is 14.3. The topological polar surface area (TPSA) is 4.93 Å². The number of thioether (sulfide) groups is 2. The van der Waals surface area contributed by atoms with Crippen LogP contribution in [-0.2, 0) is 0 Å². The van der Waals surface area contributed by atoms with Gasteiger partial charge in [0.15, 0.2) is 0 Å². The zero-order valence-corrected chi connectivity index (χ0v) is 28.4. The van der Waals surface area contributed by atoms with E-state index in [4.69, 9.17) is 0 Å². The monoisotopic (exact) mass is 657 g/mol. The summed E-state index contributed by atoms with van der Waals surface area (Å²) >= 11 is 8.17. The number of unbranched alkanes of at least 4 members (excludes halogenated alkanes) is 6. The number of fused-ring (bicyclic) bond motifs is 3. The molecule has 6 rings (SSSR count). The molecule has 0 spiro atoms. The normalized spacial score (nSPS) is 20.7. The molecule has 42 heavy (non-hydrogen) atoms. The van der Waals surface area contributed by atoms with E-state index < -0.39 is 0 Å². The van der Waals surface area contributed by atoms with E-state index in [1.807, 2.05) is 0 Å². The summed E-state index contributed by atoms with van der Waals surface area (Å²) in [5.74, 6) is 0.692. The van der Waals surface area contributed by atoms with E-state index in [2.05, 4.69) is 137 Å². The van der Waals surface area contributed by atoms with Crippen molar-refractivity contribution in [3.63, 3.8) is 0 Å². The second-order valence-corrected chi connectivity index (χ2v) is 15.9. The van der Waals surface area contributed by atoms with Crippen molar-refractivity contribution in [2.24, 2.45) is 5.92 Å². The van der Waals surface area contributed by atoms with Crippen LogP contribution in [0.1, 0.15) is 90.0 Å². The number of hydrogen-bond donors (Lipinski definition) is 0. The van der Waals surface area contributed by atoms with Crippen LogP contribution in [-0.4, -0.2) is 15.1 Å². The first-order valence-electron chi connectivity index (χ1n) is 16.2. The van der Waals surface area contributed by atoms with E-state index >= 15 is 0 Å². The van der Waals surface area contributed by atoms with E-state index in [1.165, 1.54) is 108 Å². The number of hydrogen-bond acceptors (Lipinski definition) is 2. The van der Waals surface area contributed by atoms with Crippen molar-refractivity contribution >= 4 is 66.2 Å². The molecule has 0 N–H and O–H groups in total. The fourth-order valence-corrected chi connectivity index (χ4v) is 11.0. The first-order valence-corrected chi connectivity index (χ1v) is 18.7.